The first-order chi connectivity index (χ1) is 18.0. The maximum Gasteiger partial charge on any atom is 0.339 e. The predicted molar refractivity (Wildman–Crippen MR) is 132 cm³/mol. The van der Waals surface area contributed by atoms with Crippen molar-refractivity contribution in [2.75, 3.05) is 26.6 Å². The van der Waals surface area contributed by atoms with Crippen LogP contribution in [0.1, 0.15) is 51.8 Å². The average molecular weight is 525 g/mol. The number of benzene rings is 3. The Balaban J connectivity index is 0.000000308. The average Bonchev–Trinajstić information content (AvgIpc) is 2.92. The number of nitrogens with one attached hydrogen (secondary N) is 1. The smallest absolute Gasteiger partial charge is 0.339 e. The number of carboxylic acids is 1. The molecule has 0 bridgehead atoms. The van der Waals surface area contributed by atoms with Crippen LogP contribution in [-0.2, 0) is 14.2 Å². The van der Waals surface area contributed by atoms with Gasteiger partial charge in [0.1, 0.15) is 17.1 Å². The van der Waals surface area contributed by atoms with Gasteiger partial charge in [-0.25, -0.2) is 19.2 Å². The first-order valence-electron chi connectivity index (χ1n) is 10.6. The molecule has 12 heteroatoms. The number of aromatic hydroxyl groups is 2. The normalized spacial score (nSPS) is 9.76. The molecule has 0 aliphatic heterocycles. The fourth-order valence-corrected chi connectivity index (χ4v) is 2.96. The maximum atomic E-state index is 12.3. The van der Waals surface area contributed by atoms with Crippen LogP contribution >= 0.6 is 0 Å². The van der Waals surface area contributed by atoms with E-state index in [0.29, 0.717) is 5.69 Å². The van der Waals surface area contributed by atoms with E-state index >= 15 is 0 Å². The summed E-state index contributed by atoms with van der Waals surface area (Å²) in [6, 6.07) is 13.4. The SMILES string of the molecule is COC(=O)c1ccc(O)c(C(=O)O)c1.COC(=O)c1cccc(NC(=O)c2cc(C(=O)OC)ccc2O)c1. The molecule has 1 amide bonds. The number of anilines is 1. The molecule has 0 fully saturated rings. The molecule has 3 aromatic rings. The molecule has 3 aromatic carbocycles. The van der Waals surface area contributed by atoms with Crippen LogP contribution in [0, 0.1) is 0 Å². The zero-order chi connectivity index (χ0) is 28.4. The zero-order valence-electron chi connectivity index (χ0n) is 20.4. The van der Waals surface area contributed by atoms with Crippen molar-refractivity contribution in [3.63, 3.8) is 0 Å². The van der Waals surface area contributed by atoms with Gasteiger partial charge < -0.3 is 34.8 Å². The molecular formula is C26H23NO11. The van der Waals surface area contributed by atoms with Crippen LogP contribution in [0.3, 0.4) is 0 Å². The van der Waals surface area contributed by atoms with E-state index in [9.17, 15) is 29.1 Å². The number of amides is 1. The van der Waals surface area contributed by atoms with Gasteiger partial charge in [0.15, 0.2) is 0 Å². The van der Waals surface area contributed by atoms with Crippen LogP contribution in [0.4, 0.5) is 5.69 Å². The first kappa shape index (κ1) is 28.8. The lowest BCUT2D eigenvalue weighted by Gasteiger charge is -2.09. The number of carbonyl (C=O) groups excluding carboxylic acids is 4. The Hall–Kier alpha value is -5.39. The van der Waals surface area contributed by atoms with Crippen LogP contribution in [0.25, 0.3) is 0 Å². The molecule has 0 spiro atoms. The third kappa shape index (κ3) is 7.31. The maximum absolute atomic E-state index is 12.3. The summed E-state index contributed by atoms with van der Waals surface area (Å²) in [5.74, 6) is -4.42. The largest absolute Gasteiger partial charge is 0.507 e. The molecule has 0 heterocycles. The van der Waals surface area contributed by atoms with Gasteiger partial charge in [0, 0.05) is 5.69 Å². The Kier molecular flexibility index (Phi) is 9.92. The number of methoxy groups -OCH3 is 3. The summed E-state index contributed by atoms with van der Waals surface area (Å²) in [7, 11) is 3.66. The van der Waals surface area contributed by atoms with Crippen LogP contribution in [-0.4, -0.2) is 66.4 Å². The van der Waals surface area contributed by atoms with Gasteiger partial charge >= 0.3 is 23.9 Å². The van der Waals surface area contributed by atoms with Crippen molar-refractivity contribution >= 4 is 35.5 Å². The number of phenolic OH excluding ortho intramolecular Hbond substituents is 1. The van der Waals surface area contributed by atoms with Gasteiger partial charge in [-0.3, -0.25) is 4.79 Å². The number of carbonyl (C=O) groups is 5. The van der Waals surface area contributed by atoms with E-state index in [0.717, 1.165) is 12.1 Å². The van der Waals surface area contributed by atoms with Crippen molar-refractivity contribution in [2.24, 2.45) is 0 Å². The van der Waals surface area contributed by atoms with E-state index in [1.807, 2.05) is 0 Å². The van der Waals surface area contributed by atoms with E-state index in [4.69, 9.17) is 10.2 Å². The lowest BCUT2D eigenvalue weighted by Crippen LogP contribution is -2.14. The number of carboxylic acid groups (broad SMARTS) is 1. The van der Waals surface area contributed by atoms with Crippen LogP contribution in [0.15, 0.2) is 60.7 Å². The molecule has 0 unspecified atom stereocenters. The van der Waals surface area contributed by atoms with E-state index in [2.05, 4.69) is 19.5 Å². The topological polar surface area (TPSA) is 186 Å². The number of hydrogen-bond donors (Lipinski definition) is 4. The molecule has 0 aromatic heterocycles. The Bertz CT molecular complexity index is 1380. The number of aromatic carboxylic acids is 1. The summed E-state index contributed by atoms with van der Waals surface area (Å²) in [4.78, 5) is 56.9. The van der Waals surface area contributed by atoms with Gasteiger partial charge in [0.25, 0.3) is 5.91 Å². The van der Waals surface area contributed by atoms with E-state index in [1.54, 1.807) is 12.1 Å². The highest BCUT2D eigenvalue weighted by Crippen LogP contribution is 2.22. The molecule has 38 heavy (non-hydrogen) atoms. The number of hydrogen-bond acceptors (Lipinski definition) is 10. The van der Waals surface area contributed by atoms with Crippen molar-refractivity contribution < 1.29 is 53.5 Å². The first-order valence-corrected chi connectivity index (χ1v) is 10.6. The van der Waals surface area contributed by atoms with Gasteiger partial charge in [0.2, 0.25) is 0 Å². The molecule has 0 saturated carbocycles. The fourth-order valence-electron chi connectivity index (χ4n) is 2.96. The summed E-state index contributed by atoms with van der Waals surface area (Å²) in [6.45, 7) is 0. The number of ether oxygens (including phenoxy) is 3. The van der Waals surface area contributed by atoms with Crippen molar-refractivity contribution in [1.82, 2.24) is 0 Å². The van der Waals surface area contributed by atoms with Crippen molar-refractivity contribution in [2.45, 2.75) is 0 Å². The molecule has 12 nitrogen and oxygen atoms in total. The van der Waals surface area contributed by atoms with Crippen molar-refractivity contribution in [3.05, 3.63) is 88.5 Å². The van der Waals surface area contributed by atoms with Gasteiger partial charge in [-0.05, 0) is 54.6 Å². The number of esters is 3. The molecule has 0 aliphatic carbocycles. The summed E-state index contributed by atoms with van der Waals surface area (Å²) in [5.41, 5.74) is 0.398. The molecule has 0 aliphatic rings. The molecule has 0 atom stereocenters. The molecule has 198 valence electrons. The molecule has 4 N–H and O–H groups in total. The second kappa shape index (κ2) is 13.1. The highest BCUT2D eigenvalue weighted by Gasteiger charge is 2.17. The summed E-state index contributed by atoms with van der Waals surface area (Å²) >= 11 is 0. The fraction of sp³-hybridized carbons (Fsp3) is 0.115. The quantitative estimate of drug-likeness (QED) is 0.274. The minimum absolute atomic E-state index is 0.0858. The molecule has 3 rings (SSSR count). The number of rotatable bonds is 6. The highest BCUT2D eigenvalue weighted by molar-refractivity contribution is 6.08. The van der Waals surface area contributed by atoms with Crippen LogP contribution in [0.5, 0.6) is 11.5 Å². The minimum atomic E-state index is -1.30. The third-order valence-corrected chi connectivity index (χ3v) is 4.85. The van der Waals surface area contributed by atoms with Crippen LogP contribution < -0.4 is 5.32 Å². The van der Waals surface area contributed by atoms with Crippen molar-refractivity contribution in [3.8, 4) is 11.5 Å². The van der Waals surface area contributed by atoms with Gasteiger partial charge in [-0.2, -0.15) is 0 Å². The zero-order valence-corrected chi connectivity index (χ0v) is 20.4. The third-order valence-electron chi connectivity index (χ3n) is 4.85. The summed E-state index contributed by atoms with van der Waals surface area (Å²) in [5, 5.41) is 30.1. The molecular weight excluding hydrogens is 502 g/mol. The Morgan fingerprint density at radius 2 is 1.08 bits per heavy atom. The lowest BCUT2D eigenvalue weighted by atomic mass is 10.1. The Morgan fingerprint density at radius 3 is 1.55 bits per heavy atom. The molecule has 0 saturated heterocycles. The summed E-state index contributed by atoms with van der Waals surface area (Å²) in [6.07, 6.45) is 0. The Labute approximate surface area is 216 Å². The van der Waals surface area contributed by atoms with E-state index < -0.39 is 29.8 Å². The van der Waals surface area contributed by atoms with Gasteiger partial charge in [0.05, 0.1) is 43.6 Å². The van der Waals surface area contributed by atoms with Gasteiger partial charge in [-0.1, -0.05) is 6.07 Å². The monoisotopic (exact) mass is 525 g/mol. The second-order valence-corrected chi connectivity index (χ2v) is 7.28. The van der Waals surface area contributed by atoms with Crippen molar-refractivity contribution in [1.29, 1.82) is 0 Å². The van der Waals surface area contributed by atoms with Crippen LogP contribution in [0.2, 0.25) is 0 Å². The Morgan fingerprint density at radius 1 is 0.632 bits per heavy atom. The van der Waals surface area contributed by atoms with E-state index in [1.165, 1.54) is 57.7 Å². The van der Waals surface area contributed by atoms with Gasteiger partial charge in [-0.15, -0.1) is 0 Å². The van der Waals surface area contributed by atoms with E-state index in [-0.39, 0.29) is 39.3 Å². The number of phenols is 2. The minimum Gasteiger partial charge on any atom is -0.507 e. The lowest BCUT2D eigenvalue weighted by molar-refractivity contribution is 0.0591. The summed E-state index contributed by atoms with van der Waals surface area (Å²) < 4.78 is 13.6. The molecule has 0 radical (unpaired) electrons. The second-order valence-electron chi connectivity index (χ2n) is 7.28. The highest BCUT2D eigenvalue weighted by atomic mass is 16.5. The standard InChI is InChI=1S/C17H15NO6.C9H8O5/c1-23-16(21)10-4-3-5-12(8-10)18-15(20)13-9-11(17(22)24-2)6-7-14(13)19;1-14-9(13)5-2-3-7(10)6(4-5)8(11)12/h3-9,19H,1-2H3,(H,18,20);2-4,10H,1H3,(H,11,12). The predicted octanol–water partition coefficient (Wildman–Crippen LogP) is 3.09.